The van der Waals surface area contributed by atoms with Gasteiger partial charge in [-0.05, 0) is 25.1 Å². The Morgan fingerprint density at radius 1 is 1.47 bits per heavy atom. The average molecular weight is 231 g/mol. The van der Waals surface area contributed by atoms with E-state index < -0.39 is 5.82 Å². The largest absolute Gasteiger partial charge is 0.379 e. The fraction of sp³-hybridized carbons (Fsp3) is 0.167. The maximum Gasteiger partial charge on any atom is 0.143 e. The molecule has 1 heterocycles. The zero-order valence-electron chi connectivity index (χ0n) is 9.20. The second kappa shape index (κ2) is 4.66. The molecule has 0 radical (unpaired) electrons. The summed E-state index contributed by atoms with van der Waals surface area (Å²) in [6.45, 7) is 2.25. The van der Waals surface area contributed by atoms with Crippen LogP contribution in [0.4, 0.5) is 10.1 Å². The molecule has 0 saturated heterocycles. The molecule has 1 aromatic carbocycles. The van der Waals surface area contributed by atoms with Gasteiger partial charge in [0.05, 0.1) is 12.1 Å². The summed E-state index contributed by atoms with van der Waals surface area (Å²) in [5, 5.41) is 15.4. The van der Waals surface area contributed by atoms with Gasteiger partial charge in [0.1, 0.15) is 23.3 Å². The molecule has 2 aromatic rings. The summed E-state index contributed by atoms with van der Waals surface area (Å²) in [4.78, 5) is 0. The summed E-state index contributed by atoms with van der Waals surface area (Å²) in [5.41, 5.74) is 1.38. The van der Waals surface area contributed by atoms with Gasteiger partial charge in [0, 0.05) is 11.8 Å². The standard InChI is InChI=1S/C12H10FN3O/c1-8-4-11(16-17-8)7-15-10-3-2-9(6-14)12(13)5-10/h2-5,15H,7H2,1H3. The van der Waals surface area contributed by atoms with Gasteiger partial charge in [0.2, 0.25) is 0 Å². The van der Waals surface area contributed by atoms with Crippen LogP contribution in [0.3, 0.4) is 0 Å². The van der Waals surface area contributed by atoms with E-state index >= 15 is 0 Å². The van der Waals surface area contributed by atoms with Gasteiger partial charge < -0.3 is 9.84 Å². The van der Waals surface area contributed by atoms with E-state index in [9.17, 15) is 4.39 Å². The number of nitrogens with zero attached hydrogens (tertiary/aromatic N) is 2. The predicted molar refractivity (Wildman–Crippen MR) is 59.7 cm³/mol. The Kier molecular flexibility index (Phi) is 3.06. The normalized spacial score (nSPS) is 9.94. The molecule has 0 spiro atoms. The van der Waals surface area contributed by atoms with E-state index in [2.05, 4.69) is 10.5 Å². The Balaban J connectivity index is 2.05. The number of benzene rings is 1. The Labute approximate surface area is 97.7 Å². The van der Waals surface area contributed by atoms with Gasteiger partial charge in [-0.2, -0.15) is 5.26 Å². The van der Waals surface area contributed by atoms with Crippen LogP contribution in [0, 0.1) is 24.1 Å². The van der Waals surface area contributed by atoms with Crippen LogP contribution in [-0.4, -0.2) is 5.16 Å². The number of aryl methyl sites for hydroxylation is 1. The number of halogens is 1. The lowest BCUT2D eigenvalue weighted by Crippen LogP contribution is -2.00. The average Bonchev–Trinajstić information content (AvgIpc) is 2.73. The van der Waals surface area contributed by atoms with E-state index in [1.807, 2.05) is 0 Å². The van der Waals surface area contributed by atoms with Gasteiger partial charge in [0.25, 0.3) is 0 Å². The Bertz CT molecular complexity index is 571. The number of hydrogen-bond donors (Lipinski definition) is 1. The van der Waals surface area contributed by atoms with E-state index in [-0.39, 0.29) is 5.56 Å². The van der Waals surface area contributed by atoms with E-state index in [1.165, 1.54) is 12.1 Å². The van der Waals surface area contributed by atoms with Crippen molar-refractivity contribution in [1.82, 2.24) is 5.16 Å². The summed E-state index contributed by atoms with van der Waals surface area (Å²) < 4.78 is 18.2. The molecule has 4 nitrogen and oxygen atoms in total. The maximum absolute atomic E-state index is 13.3. The van der Waals surface area contributed by atoms with Crippen molar-refractivity contribution in [1.29, 1.82) is 5.26 Å². The molecule has 1 N–H and O–H groups in total. The Morgan fingerprint density at radius 2 is 2.29 bits per heavy atom. The van der Waals surface area contributed by atoms with Crippen molar-refractivity contribution in [2.75, 3.05) is 5.32 Å². The third-order valence-electron chi connectivity index (χ3n) is 2.24. The molecular weight excluding hydrogens is 221 g/mol. The molecule has 0 bridgehead atoms. The highest BCUT2D eigenvalue weighted by atomic mass is 19.1. The molecule has 0 atom stereocenters. The van der Waals surface area contributed by atoms with Crippen LogP contribution < -0.4 is 5.32 Å². The molecule has 86 valence electrons. The first-order valence-corrected chi connectivity index (χ1v) is 5.05. The highest BCUT2D eigenvalue weighted by molar-refractivity contribution is 5.48. The first-order chi connectivity index (χ1) is 8.19. The minimum absolute atomic E-state index is 0.0350. The smallest absolute Gasteiger partial charge is 0.143 e. The quantitative estimate of drug-likeness (QED) is 0.881. The number of nitrogens with one attached hydrogen (secondary N) is 1. The molecule has 0 aliphatic rings. The number of anilines is 1. The molecule has 0 amide bonds. The van der Waals surface area contributed by atoms with Crippen LogP contribution >= 0.6 is 0 Å². The number of rotatable bonds is 3. The SMILES string of the molecule is Cc1cc(CNc2ccc(C#N)c(F)c2)no1. The minimum atomic E-state index is -0.533. The van der Waals surface area contributed by atoms with Crippen molar-refractivity contribution < 1.29 is 8.91 Å². The van der Waals surface area contributed by atoms with E-state index in [0.29, 0.717) is 12.2 Å². The van der Waals surface area contributed by atoms with Crippen molar-refractivity contribution in [3.05, 3.63) is 47.1 Å². The fourth-order valence-corrected chi connectivity index (χ4v) is 1.41. The molecule has 0 aliphatic carbocycles. The predicted octanol–water partition coefficient (Wildman–Crippen LogP) is 2.61. The summed E-state index contributed by atoms with van der Waals surface area (Å²) in [6, 6.07) is 7.93. The molecule has 5 heteroatoms. The molecule has 0 unspecified atom stereocenters. The Morgan fingerprint density at radius 3 is 2.88 bits per heavy atom. The highest BCUT2D eigenvalue weighted by Gasteiger charge is 2.04. The zero-order chi connectivity index (χ0) is 12.3. The molecule has 2 rings (SSSR count). The van der Waals surface area contributed by atoms with Crippen LogP contribution in [0.15, 0.2) is 28.8 Å². The van der Waals surface area contributed by atoms with Gasteiger partial charge >= 0.3 is 0 Å². The number of nitriles is 1. The van der Waals surface area contributed by atoms with Gasteiger partial charge in [-0.1, -0.05) is 5.16 Å². The molecule has 0 fully saturated rings. The van der Waals surface area contributed by atoms with Crippen molar-refractivity contribution in [3.63, 3.8) is 0 Å². The molecule has 17 heavy (non-hydrogen) atoms. The monoisotopic (exact) mass is 231 g/mol. The number of hydrogen-bond acceptors (Lipinski definition) is 4. The molecule has 0 saturated carbocycles. The van der Waals surface area contributed by atoms with Crippen molar-refractivity contribution in [3.8, 4) is 6.07 Å². The Hall–Kier alpha value is -2.35. The minimum Gasteiger partial charge on any atom is -0.379 e. The third kappa shape index (κ3) is 2.61. The van der Waals surface area contributed by atoms with Crippen molar-refractivity contribution in [2.45, 2.75) is 13.5 Å². The van der Waals surface area contributed by atoms with E-state index in [1.54, 1.807) is 25.1 Å². The number of aromatic nitrogens is 1. The van der Waals surface area contributed by atoms with Crippen LogP contribution in [-0.2, 0) is 6.54 Å². The van der Waals surface area contributed by atoms with Gasteiger partial charge in [-0.15, -0.1) is 0 Å². The highest BCUT2D eigenvalue weighted by Crippen LogP contribution is 2.14. The summed E-state index contributed by atoms with van der Waals surface area (Å²) in [6.07, 6.45) is 0. The summed E-state index contributed by atoms with van der Waals surface area (Å²) in [5.74, 6) is 0.196. The van der Waals surface area contributed by atoms with Crippen LogP contribution in [0.5, 0.6) is 0 Å². The fourth-order valence-electron chi connectivity index (χ4n) is 1.41. The lowest BCUT2D eigenvalue weighted by Gasteiger charge is -2.04. The lowest BCUT2D eigenvalue weighted by atomic mass is 10.2. The molecular formula is C12H10FN3O. The van der Waals surface area contributed by atoms with E-state index in [0.717, 1.165) is 11.5 Å². The van der Waals surface area contributed by atoms with Gasteiger partial charge in [-0.25, -0.2) is 4.39 Å². The molecule has 1 aromatic heterocycles. The first kappa shape index (κ1) is 11.1. The lowest BCUT2D eigenvalue weighted by molar-refractivity contribution is 0.391. The van der Waals surface area contributed by atoms with E-state index in [4.69, 9.17) is 9.78 Å². The van der Waals surface area contributed by atoms with Crippen LogP contribution in [0.2, 0.25) is 0 Å². The van der Waals surface area contributed by atoms with Crippen LogP contribution in [0.25, 0.3) is 0 Å². The zero-order valence-corrected chi connectivity index (χ0v) is 9.20. The van der Waals surface area contributed by atoms with Gasteiger partial charge in [-0.3, -0.25) is 0 Å². The topological polar surface area (TPSA) is 61.9 Å². The van der Waals surface area contributed by atoms with Crippen LogP contribution in [0.1, 0.15) is 17.0 Å². The van der Waals surface area contributed by atoms with Gasteiger partial charge in [0.15, 0.2) is 0 Å². The summed E-state index contributed by atoms with van der Waals surface area (Å²) in [7, 11) is 0. The second-order valence-corrected chi connectivity index (χ2v) is 3.59. The maximum atomic E-state index is 13.3. The van der Waals surface area contributed by atoms with Crippen molar-refractivity contribution >= 4 is 5.69 Å². The molecule has 0 aliphatic heterocycles. The second-order valence-electron chi connectivity index (χ2n) is 3.59. The van der Waals surface area contributed by atoms with Crippen molar-refractivity contribution in [2.24, 2.45) is 0 Å². The summed E-state index contributed by atoms with van der Waals surface area (Å²) >= 11 is 0. The third-order valence-corrected chi connectivity index (χ3v) is 2.24. The first-order valence-electron chi connectivity index (χ1n) is 5.05.